The van der Waals surface area contributed by atoms with E-state index >= 15 is 0 Å². The van der Waals surface area contributed by atoms with Crippen molar-refractivity contribution in [1.29, 1.82) is 0 Å². The molecule has 4 rings (SSSR count). The fraction of sp³-hybridized carbons (Fsp3) is 0.0909. The van der Waals surface area contributed by atoms with E-state index in [0.717, 1.165) is 43.7 Å². The molecular weight excluding hydrogens is 368 g/mol. The molecule has 0 spiro atoms. The van der Waals surface area contributed by atoms with Gasteiger partial charge in [0.25, 0.3) is 0 Å². The molecule has 0 aliphatic carbocycles. The average Bonchev–Trinajstić information content (AvgIpc) is 3.12. The highest BCUT2D eigenvalue weighted by atomic mass is 32.1. The van der Waals surface area contributed by atoms with Gasteiger partial charge in [-0.2, -0.15) is 0 Å². The van der Waals surface area contributed by atoms with Gasteiger partial charge >= 0.3 is 6.03 Å². The number of anilines is 3. The Morgan fingerprint density at radius 3 is 2.54 bits per heavy atom. The number of rotatable bonds is 3. The van der Waals surface area contributed by atoms with Gasteiger partial charge in [-0.3, -0.25) is 0 Å². The number of nitrogens with one attached hydrogen (secondary N) is 2. The van der Waals surface area contributed by atoms with Crippen LogP contribution in [0.2, 0.25) is 0 Å². The Bertz CT molecular complexity index is 1170. The Kier molecular flexibility index (Phi) is 4.71. The number of nitrogens with zero attached hydrogens (tertiary/aromatic N) is 1. The fourth-order valence-corrected chi connectivity index (χ4v) is 4.21. The molecule has 4 aromatic rings. The summed E-state index contributed by atoms with van der Waals surface area (Å²) in [5.74, 6) is 0.539. The van der Waals surface area contributed by atoms with Gasteiger partial charge in [0.1, 0.15) is 5.82 Å². The molecule has 6 heteroatoms. The predicted molar refractivity (Wildman–Crippen MR) is 118 cm³/mol. The minimum absolute atomic E-state index is 0.275. The summed E-state index contributed by atoms with van der Waals surface area (Å²) in [4.78, 5) is 16.5. The molecule has 4 N–H and O–H groups in total. The van der Waals surface area contributed by atoms with Gasteiger partial charge in [-0.05, 0) is 60.2 Å². The Morgan fingerprint density at radius 1 is 1.04 bits per heavy atom. The molecule has 28 heavy (non-hydrogen) atoms. The van der Waals surface area contributed by atoms with Crippen molar-refractivity contribution in [2.24, 2.45) is 0 Å². The smallest absolute Gasteiger partial charge is 0.323 e. The molecule has 2 amide bonds. The fourth-order valence-electron chi connectivity index (χ4n) is 3.15. The molecule has 0 aliphatic rings. The van der Waals surface area contributed by atoms with Crippen LogP contribution in [0.4, 0.5) is 22.0 Å². The SMILES string of the molecule is Cc1cccc(NC(=O)Nc2ccc(-c3csc4c(C)cnc(N)c34)cc2)c1. The van der Waals surface area contributed by atoms with Gasteiger partial charge in [-0.25, -0.2) is 9.78 Å². The van der Waals surface area contributed by atoms with Crippen LogP contribution >= 0.6 is 11.3 Å². The maximum absolute atomic E-state index is 12.2. The minimum atomic E-state index is -0.275. The van der Waals surface area contributed by atoms with Crippen molar-refractivity contribution < 1.29 is 4.79 Å². The lowest BCUT2D eigenvalue weighted by Gasteiger charge is -2.09. The van der Waals surface area contributed by atoms with Crippen molar-refractivity contribution in [2.45, 2.75) is 13.8 Å². The number of carbonyl (C=O) groups excluding carboxylic acids is 1. The van der Waals surface area contributed by atoms with E-state index in [9.17, 15) is 4.79 Å². The van der Waals surface area contributed by atoms with Gasteiger partial charge in [-0.15, -0.1) is 11.3 Å². The van der Waals surface area contributed by atoms with Crippen LogP contribution in [0, 0.1) is 13.8 Å². The lowest BCUT2D eigenvalue weighted by molar-refractivity contribution is 0.262. The molecule has 0 bridgehead atoms. The Hall–Kier alpha value is -3.38. The number of pyridine rings is 1. The van der Waals surface area contributed by atoms with Crippen molar-refractivity contribution >= 4 is 44.6 Å². The molecular formula is C22H20N4OS. The number of aromatic nitrogens is 1. The molecule has 0 saturated carbocycles. The first kappa shape index (κ1) is 18.0. The van der Waals surface area contributed by atoms with Crippen LogP contribution < -0.4 is 16.4 Å². The minimum Gasteiger partial charge on any atom is -0.383 e. The highest BCUT2D eigenvalue weighted by Crippen LogP contribution is 2.38. The molecule has 0 saturated heterocycles. The topological polar surface area (TPSA) is 80.0 Å². The lowest BCUT2D eigenvalue weighted by Crippen LogP contribution is -2.19. The second-order valence-electron chi connectivity index (χ2n) is 6.71. The largest absolute Gasteiger partial charge is 0.383 e. The lowest BCUT2D eigenvalue weighted by atomic mass is 10.0. The first-order chi connectivity index (χ1) is 13.5. The molecule has 0 atom stereocenters. The van der Waals surface area contributed by atoms with Crippen LogP contribution in [0.15, 0.2) is 60.1 Å². The number of carbonyl (C=O) groups is 1. The van der Waals surface area contributed by atoms with Gasteiger partial charge in [0, 0.05) is 33.2 Å². The number of fused-ring (bicyclic) bond motifs is 1. The van der Waals surface area contributed by atoms with Gasteiger partial charge < -0.3 is 16.4 Å². The van der Waals surface area contributed by atoms with E-state index in [-0.39, 0.29) is 6.03 Å². The highest BCUT2D eigenvalue weighted by Gasteiger charge is 2.12. The van der Waals surface area contributed by atoms with Crippen LogP contribution in [0.3, 0.4) is 0 Å². The molecule has 2 aromatic heterocycles. The van der Waals surface area contributed by atoms with E-state index in [1.165, 1.54) is 0 Å². The summed E-state index contributed by atoms with van der Waals surface area (Å²) in [5.41, 5.74) is 11.9. The van der Waals surface area contributed by atoms with E-state index < -0.39 is 0 Å². The molecule has 0 radical (unpaired) electrons. The molecule has 5 nitrogen and oxygen atoms in total. The predicted octanol–water partition coefficient (Wildman–Crippen LogP) is 5.81. The zero-order valence-electron chi connectivity index (χ0n) is 15.6. The normalized spacial score (nSPS) is 10.8. The van der Waals surface area contributed by atoms with Crippen molar-refractivity contribution in [2.75, 3.05) is 16.4 Å². The van der Waals surface area contributed by atoms with Crippen LogP contribution in [-0.2, 0) is 0 Å². The summed E-state index contributed by atoms with van der Waals surface area (Å²) in [5, 5.41) is 8.78. The molecule has 2 aromatic carbocycles. The number of urea groups is 1. The third kappa shape index (κ3) is 3.54. The van der Waals surface area contributed by atoms with Gasteiger partial charge in [-0.1, -0.05) is 24.3 Å². The van der Waals surface area contributed by atoms with Crippen LogP contribution in [0.5, 0.6) is 0 Å². The Morgan fingerprint density at radius 2 is 1.79 bits per heavy atom. The summed E-state index contributed by atoms with van der Waals surface area (Å²) in [6.45, 7) is 4.02. The third-order valence-corrected chi connectivity index (χ3v) is 5.65. The number of hydrogen-bond donors (Lipinski definition) is 3. The number of benzene rings is 2. The second kappa shape index (κ2) is 7.32. The number of nitrogen functional groups attached to an aromatic ring is 1. The van der Waals surface area contributed by atoms with E-state index in [2.05, 4.69) is 21.0 Å². The summed E-state index contributed by atoms with van der Waals surface area (Å²) in [6, 6.07) is 15.1. The first-order valence-electron chi connectivity index (χ1n) is 8.88. The second-order valence-corrected chi connectivity index (χ2v) is 7.59. The van der Waals surface area contributed by atoms with Gasteiger partial charge in [0.15, 0.2) is 0 Å². The maximum Gasteiger partial charge on any atom is 0.323 e. The third-order valence-electron chi connectivity index (χ3n) is 4.53. The van der Waals surface area contributed by atoms with E-state index in [0.29, 0.717) is 5.82 Å². The van der Waals surface area contributed by atoms with Crippen LogP contribution in [0.1, 0.15) is 11.1 Å². The van der Waals surface area contributed by atoms with Gasteiger partial charge in [0.2, 0.25) is 0 Å². The average molecular weight is 388 g/mol. The van der Waals surface area contributed by atoms with E-state index in [1.807, 2.05) is 62.4 Å². The van der Waals surface area contributed by atoms with Crippen molar-refractivity contribution in [3.05, 3.63) is 71.2 Å². The van der Waals surface area contributed by atoms with Crippen molar-refractivity contribution in [3.8, 4) is 11.1 Å². The molecule has 140 valence electrons. The number of nitrogens with two attached hydrogens (primary N) is 1. The molecule has 0 fully saturated rings. The summed E-state index contributed by atoms with van der Waals surface area (Å²) in [6.07, 6.45) is 1.80. The van der Waals surface area contributed by atoms with E-state index in [4.69, 9.17) is 5.73 Å². The molecule has 2 heterocycles. The molecule has 0 aliphatic heterocycles. The van der Waals surface area contributed by atoms with Crippen LogP contribution in [0.25, 0.3) is 21.2 Å². The van der Waals surface area contributed by atoms with Crippen molar-refractivity contribution in [3.63, 3.8) is 0 Å². The number of thiophene rings is 1. The van der Waals surface area contributed by atoms with E-state index in [1.54, 1.807) is 17.5 Å². The zero-order valence-corrected chi connectivity index (χ0v) is 16.4. The summed E-state index contributed by atoms with van der Waals surface area (Å²) >= 11 is 1.67. The quantitative estimate of drug-likeness (QED) is 0.414. The number of aryl methyl sites for hydroxylation is 2. The monoisotopic (exact) mass is 388 g/mol. The first-order valence-corrected chi connectivity index (χ1v) is 9.76. The number of amides is 2. The van der Waals surface area contributed by atoms with Crippen LogP contribution in [-0.4, -0.2) is 11.0 Å². The molecule has 0 unspecified atom stereocenters. The highest BCUT2D eigenvalue weighted by molar-refractivity contribution is 7.18. The van der Waals surface area contributed by atoms with Gasteiger partial charge in [0.05, 0.1) is 0 Å². The standard InChI is InChI=1S/C22H20N4OS/c1-13-4-3-5-17(10-13)26-22(27)25-16-8-6-15(7-9-16)18-12-28-20-14(2)11-24-21(23)19(18)20/h3-12H,1-2H3,(H2,23,24)(H2,25,26,27). The Labute approximate surface area is 167 Å². The zero-order chi connectivity index (χ0) is 19.7. The maximum atomic E-state index is 12.2. The summed E-state index contributed by atoms with van der Waals surface area (Å²) < 4.78 is 1.15. The Balaban J connectivity index is 1.53. The summed E-state index contributed by atoms with van der Waals surface area (Å²) in [7, 11) is 0. The van der Waals surface area contributed by atoms with Crippen molar-refractivity contribution in [1.82, 2.24) is 4.98 Å². The number of hydrogen-bond acceptors (Lipinski definition) is 4.